The SMILES string of the molecule is CCC(CC)C(NN)C1CCCc2cccnc21. The van der Waals surface area contributed by atoms with Gasteiger partial charge in [0.1, 0.15) is 0 Å². The number of hydrazine groups is 1. The van der Waals surface area contributed by atoms with Crippen LogP contribution in [0.5, 0.6) is 0 Å². The van der Waals surface area contributed by atoms with Gasteiger partial charge < -0.3 is 0 Å². The highest BCUT2D eigenvalue weighted by molar-refractivity contribution is 5.27. The molecule has 0 bridgehead atoms. The number of nitrogens with zero attached hydrogens (tertiary/aromatic N) is 1. The summed E-state index contributed by atoms with van der Waals surface area (Å²) in [6, 6.07) is 4.62. The van der Waals surface area contributed by atoms with Crippen LogP contribution in [0.3, 0.4) is 0 Å². The fourth-order valence-corrected chi connectivity index (χ4v) is 3.37. The summed E-state index contributed by atoms with van der Waals surface area (Å²) in [6.45, 7) is 4.50. The molecule has 2 unspecified atom stereocenters. The first kappa shape index (κ1) is 13.5. The van der Waals surface area contributed by atoms with Crippen molar-refractivity contribution in [2.24, 2.45) is 11.8 Å². The molecule has 3 N–H and O–H groups in total. The molecule has 2 atom stereocenters. The normalized spacial score (nSPS) is 20.8. The minimum Gasteiger partial charge on any atom is -0.271 e. The monoisotopic (exact) mass is 247 g/mol. The van der Waals surface area contributed by atoms with Crippen LogP contribution < -0.4 is 11.3 Å². The molecule has 1 aromatic rings. The van der Waals surface area contributed by atoms with Crippen LogP contribution in [-0.4, -0.2) is 11.0 Å². The molecule has 0 radical (unpaired) electrons. The van der Waals surface area contributed by atoms with Crippen molar-refractivity contribution in [2.45, 2.75) is 57.9 Å². The summed E-state index contributed by atoms with van der Waals surface area (Å²) in [5.41, 5.74) is 5.77. The molecule has 1 heterocycles. The zero-order chi connectivity index (χ0) is 13.0. The van der Waals surface area contributed by atoms with Crippen LogP contribution in [0.1, 0.15) is 56.7 Å². The van der Waals surface area contributed by atoms with E-state index in [2.05, 4.69) is 30.3 Å². The van der Waals surface area contributed by atoms with Gasteiger partial charge in [0.2, 0.25) is 0 Å². The average molecular weight is 247 g/mol. The Kier molecular flexibility index (Phi) is 4.72. The second-order valence-electron chi connectivity index (χ2n) is 5.32. The molecule has 3 nitrogen and oxygen atoms in total. The fraction of sp³-hybridized carbons (Fsp3) is 0.667. The van der Waals surface area contributed by atoms with Gasteiger partial charge in [0, 0.05) is 23.9 Å². The van der Waals surface area contributed by atoms with Gasteiger partial charge in [0.25, 0.3) is 0 Å². The van der Waals surface area contributed by atoms with Crippen LogP contribution in [0.2, 0.25) is 0 Å². The summed E-state index contributed by atoms with van der Waals surface area (Å²) in [7, 11) is 0. The minimum atomic E-state index is 0.356. The van der Waals surface area contributed by atoms with E-state index in [9.17, 15) is 0 Å². The number of aromatic nitrogens is 1. The topological polar surface area (TPSA) is 50.9 Å². The lowest BCUT2D eigenvalue weighted by Gasteiger charge is -2.35. The lowest BCUT2D eigenvalue weighted by Crippen LogP contribution is -2.46. The Hall–Kier alpha value is -0.930. The predicted molar refractivity (Wildman–Crippen MR) is 75.1 cm³/mol. The number of aryl methyl sites for hydroxylation is 1. The average Bonchev–Trinajstić information content (AvgIpc) is 2.44. The van der Waals surface area contributed by atoms with Crippen LogP contribution in [0.15, 0.2) is 18.3 Å². The van der Waals surface area contributed by atoms with E-state index in [1.165, 1.54) is 43.4 Å². The molecule has 100 valence electrons. The summed E-state index contributed by atoms with van der Waals surface area (Å²) in [5, 5.41) is 0. The highest BCUT2D eigenvalue weighted by Crippen LogP contribution is 2.36. The van der Waals surface area contributed by atoms with Gasteiger partial charge in [-0.2, -0.15) is 0 Å². The van der Waals surface area contributed by atoms with Crippen molar-refractivity contribution >= 4 is 0 Å². The van der Waals surface area contributed by atoms with Crippen molar-refractivity contribution in [2.75, 3.05) is 0 Å². The number of fused-ring (bicyclic) bond motifs is 1. The quantitative estimate of drug-likeness (QED) is 0.621. The molecule has 0 fully saturated rings. The predicted octanol–water partition coefficient (Wildman–Crippen LogP) is 2.77. The van der Waals surface area contributed by atoms with Crippen molar-refractivity contribution in [1.82, 2.24) is 10.4 Å². The summed E-state index contributed by atoms with van der Waals surface area (Å²) < 4.78 is 0. The van der Waals surface area contributed by atoms with Crippen LogP contribution in [0.25, 0.3) is 0 Å². The third-order valence-electron chi connectivity index (χ3n) is 4.42. The van der Waals surface area contributed by atoms with Crippen molar-refractivity contribution in [3.05, 3.63) is 29.6 Å². The molecule has 0 amide bonds. The molecule has 0 saturated heterocycles. The van der Waals surface area contributed by atoms with Crippen molar-refractivity contribution < 1.29 is 0 Å². The molecular formula is C15H25N3. The molecule has 0 saturated carbocycles. The molecule has 1 aromatic heterocycles. The first-order chi connectivity index (χ1) is 8.81. The van der Waals surface area contributed by atoms with E-state index in [0.717, 1.165) is 0 Å². The van der Waals surface area contributed by atoms with Gasteiger partial charge in [-0.1, -0.05) is 32.8 Å². The summed E-state index contributed by atoms with van der Waals surface area (Å²) >= 11 is 0. The first-order valence-corrected chi connectivity index (χ1v) is 7.21. The fourth-order valence-electron chi connectivity index (χ4n) is 3.37. The second-order valence-corrected chi connectivity index (χ2v) is 5.32. The highest BCUT2D eigenvalue weighted by Gasteiger charge is 2.32. The van der Waals surface area contributed by atoms with Gasteiger partial charge in [-0.3, -0.25) is 16.3 Å². The smallest absolute Gasteiger partial charge is 0.0482 e. The van der Waals surface area contributed by atoms with Gasteiger partial charge in [0.15, 0.2) is 0 Å². The summed E-state index contributed by atoms with van der Waals surface area (Å²) in [4.78, 5) is 4.62. The van der Waals surface area contributed by atoms with Crippen LogP contribution in [0.4, 0.5) is 0 Å². The lowest BCUT2D eigenvalue weighted by atomic mass is 9.76. The summed E-state index contributed by atoms with van der Waals surface area (Å²) in [6.07, 6.45) is 7.88. The third kappa shape index (κ3) is 2.57. The maximum absolute atomic E-state index is 5.84. The Bertz CT molecular complexity index is 374. The highest BCUT2D eigenvalue weighted by atomic mass is 15.2. The van der Waals surface area contributed by atoms with Gasteiger partial charge in [-0.05, 0) is 36.8 Å². The minimum absolute atomic E-state index is 0.356. The molecule has 1 aliphatic carbocycles. The number of rotatable bonds is 5. The van der Waals surface area contributed by atoms with Crippen molar-refractivity contribution in [3.8, 4) is 0 Å². The molecule has 18 heavy (non-hydrogen) atoms. The van der Waals surface area contributed by atoms with Crippen LogP contribution >= 0.6 is 0 Å². The molecule has 0 aromatic carbocycles. The number of hydrogen-bond acceptors (Lipinski definition) is 3. The lowest BCUT2D eigenvalue weighted by molar-refractivity contribution is 0.272. The van der Waals surface area contributed by atoms with Gasteiger partial charge in [-0.25, -0.2) is 0 Å². The zero-order valence-corrected chi connectivity index (χ0v) is 11.5. The number of nitrogens with one attached hydrogen (secondary N) is 1. The Labute approximate surface area is 110 Å². The van der Waals surface area contributed by atoms with Crippen LogP contribution in [0, 0.1) is 5.92 Å². The first-order valence-electron chi connectivity index (χ1n) is 7.21. The Morgan fingerprint density at radius 2 is 2.22 bits per heavy atom. The van der Waals surface area contributed by atoms with E-state index in [0.29, 0.717) is 17.9 Å². The largest absolute Gasteiger partial charge is 0.271 e. The molecule has 3 heteroatoms. The number of pyridine rings is 1. The van der Waals surface area contributed by atoms with E-state index in [-0.39, 0.29) is 0 Å². The van der Waals surface area contributed by atoms with Crippen molar-refractivity contribution in [3.63, 3.8) is 0 Å². The Morgan fingerprint density at radius 1 is 1.44 bits per heavy atom. The molecule has 2 rings (SSSR count). The third-order valence-corrected chi connectivity index (χ3v) is 4.42. The molecule has 0 spiro atoms. The number of nitrogens with two attached hydrogens (primary N) is 1. The maximum Gasteiger partial charge on any atom is 0.0482 e. The maximum atomic E-state index is 5.84. The molecule has 0 aliphatic heterocycles. The molecule has 1 aliphatic rings. The number of hydrogen-bond donors (Lipinski definition) is 2. The van der Waals surface area contributed by atoms with Crippen LogP contribution in [-0.2, 0) is 6.42 Å². The van der Waals surface area contributed by atoms with Gasteiger partial charge >= 0.3 is 0 Å². The molecular weight excluding hydrogens is 222 g/mol. The van der Waals surface area contributed by atoms with Crippen molar-refractivity contribution in [1.29, 1.82) is 0 Å². The second kappa shape index (κ2) is 6.30. The van der Waals surface area contributed by atoms with E-state index in [4.69, 9.17) is 5.84 Å². The Balaban J connectivity index is 2.27. The van der Waals surface area contributed by atoms with Gasteiger partial charge in [-0.15, -0.1) is 0 Å². The zero-order valence-electron chi connectivity index (χ0n) is 11.5. The standard InChI is InChI=1S/C15H25N3/c1-3-11(4-2)15(18-16)13-9-5-7-12-8-6-10-17-14(12)13/h6,8,10-11,13,15,18H,3-5,7,9,16H2,1-2H3. The van der Waals surface area contributed by atoms with Gasteiger partial charge in [0.05, 0.1) is 0 Å². The van der Waals surface area contributed by atoms with E-state index in [1.807, 2.05) is 12.3 Å². The summed E-state index contributed by atoms with van der Waals surface area (Å²) in [5.74, 6) is 6.94. The van der Waals surface area contributed by atoms with E-state index >= 15 is 0 Å². The van der Waals surface area contributed by atoms with E-state index < -0.39 is 0 Å². The Morgan fingerprint density at radius 3 is 2.89 bits per heavy atom. The van der Waals surface area contributed by atoms with E-state index in [1.54, 1.807) is 0 Å².